The van der Waals surface area contributed by atoms with Gasteiger partial charge >= 0.3 is 5.97 Å². The van der Waals surface area contributed by atoms with E-state index in [2.05, 4.69) is 5.32 Å². The molecular weight excluding hydrogens is 350 g/mol. The average Bonchev–Trinajstić information content (AvgIpc) is 3.00. The van der Waals surface area contributed by atoms with Gasteiger partial charge in [0.1, 0.15) is 0 Å². The van der Waals surface area contributed by atoms with E-state index in [-0.39, 0.29) is 13.0 Å². The Morgan fingerprint density at radius 3 is 2.11 bits per heavy atom. The number of carbonyl (C=O) groups excluding carboxylic acids is 2. The van der Waals surface area contributed by atoms with Crippen molar-refractivity contribution in [3.63, 3.8) is 0 Å². The van der Waals surface area contributed by atoms with E-state index >= 15 is 0 Å². The Balaban J connectivity index is 1.94. The van der Waals surface area contributed by atoms with E-state index in [9.17, 15) is 14.7 Å². The number of aliphatic hydroxyl groups is 1. The van der Waals surface area contributed by atoms with Crippen LogP contribution in [0, 0.1) is 5.41 Å². The molecule has 0 aliphatic carbocycles. The molecule has 2 aromatic rings. The first kappa shape index (κ1) is 17.7. The topological polar surface area (TPSA) is 94.1 Å². The van der Waals surface area contributed by atoms with Crippen LogP contribution in [-0.4, -0.2) is 36.4 Å². The highest BCUT2D eigenvalue weighted by Crippen LogP contribution is 2.55. The van der Waals surface area contributed by atoms with Crippen molar-refractivity contribution in [3.8, 4) is 0 Å². The fourth-order valence-electron chi connectivity index (χ4n) is 3.92. The highest BCUT2D eigenvalue weighted by molar-refractivity contribution is 6.06. The summed E-state index contributed by atoms with van der Waals surface area (Å²) >= 11 is 0. The van der Waals surface area contributed by atoms with Gasteiger partial charge in [-0.3, -0.25) is 9.59 Å². The fraction of sp³-hybridized carbons (Fsp3) is 0.300. The molecule has 0 spiro atoms. The zero-order chi connectivity index (χ0) is 19.1. The Morgan fingerprint density at radius 1 is 1.04 bits per heavy atom. The quantitative estimate of drug-likeness (QED) is 0.481. The molecule has 1 amide bonds. The number of nitrogens with one attached hydrogen (secondary N) is 1. The van der Waals surface area contributed by atoms with Crippen molar-refractivity contribution in [2.24, 2.45) is 5.41 Å². The highest BCUT2D eigenvalue weighted by Gasteiger charge is 2.74. The first-order valence-electron chi connectivity index (χ1n) is 8.55. The summed E-state index contributed by atoms with van der Waals surface area (Å²) in [6.07, 6.45) is -0.178. The Morgan fingerprint density at radius 2 is 1.59 bits per heavy atom. The molecule has 27 heavy (non-hydrogen) atoms. The lowest BCUT2D eigenvalue weighted by molar-refractivity contribution is -0.496. The smallest absolute Gasteiger partial charge is 0.327 e. The summed E-state index contributed by atoms with van der Waals surface area (Å²) in [4.78, 5) is 36.7. The number of ether oxygens (including phenoxy) is 1. The molecule has 2 aliphatic rings. The molecular formula is C20H19NO6. The fourth-order valence-corrected chi connectivity index (χ4v) is 3.92. The average molecular weight is 369 g/mol. The number of β-amino-alcohol motifs (C(OH)–C–C–N with tert-alkyl or cyclic N) is 1. The molecule has 2 N–H and O–H groups in total. The van der Waals surface area contributed by atoms with Crippen molar-refractivity contribution < 1.29 is 29.2 Å². The van der Waals surface area contributed by atoms with Crippen molar-refractivity contribution in [2.45, 2.75) is 17.8 Å². The highest BCUT2D eigenvalue weighted by atomic mass is 17.2. The van der Waals surface area contributed by atoms with Crippen molar-refractivity contribution in [1.29, 1.82) is 0 Å². The van der Waals surface area contributed by atoms with Crippen molar-refractivity contribution in [3.05, 3.63) is 71.8 Å². The number of fused-ring (bicyclic) bond motifs is 1. The van der Waals surface area contributed by atoms with Gasteiger partial charge in [0.05, 0.1) is 13.7 Å². The summed E-state index contributed by atoms with van der Waals surface area (Å²) in [5.41, 5.74) is -1.89. The van der Waals surface area contributed by atoms with Gasteiger partial charge in [0.15, 0.2) is 5.60 Å². The maximum atomic E-state index is 12.8. The van der Waals surface area contributed by atoms with E-state index in [1.54, 1.807) is 0 Å². The molecule has 2 atom stereocenters. The summed E-state index contributed by atoms with van der Waals surface area (Å²) < 4.78 is 4.90. The summed E-state index contributed by atoms with van der Waals surface area (Å²) in [5, 5.41) is 13.4. The molecule has 2 fully saturated rings. The van der Waals surface area contributed by atoms with Crippen molar-refractivity contribution >= 4 is 11.9 Å². The largest absolute Gasteiger partial charge is 0.468 e. The molecule has 140 valence electrons. The lowest BCUT2D eigenvalue weighted by Gasteiger charge is -2.48. The lowest BCUT2D eigenvalue weighted by Crippen LogP contribution is -2.63. The van der Waals surface area contributed by atoms with E-state index in [1.807, 2.05) is 60.7 Å². The van der Waals surface area contributed by atoms with Gasteiger partial charge in [-0.1, -0.05) is 60.7 Å². The molecule has 2 aromatic carbocycles. The van der Waals surface area contributed by atoms with Gasteiger partial charge in [0, 0.05) is 6.42 Å². The predicted octanol–water partition coefficient (Wildman–Crippen LogP) is 1.26. The van der Waals surface area contributed by atoms with Crippen LogP contribution in [0.5, 0.6) is 0 Å². The molecule has 2 unspecified atom stereocenters. The summed E-state index contributed by atoms with van der Waals surface area (Å²) in [6, 6.07) is 18.3. The van der Waals surface area contributed by atoms with Crippen LogP contribution < -0.4 is 5.32 Å². The van der Waals surface area contributed by atoms with E-state index in [0.717, 1.165) is 0 Å². The molecule has 0 radical (unpaired) electrons. The van der Waals surface area contributed by atoms with E-state index in [1.165, 1.54) is 7.11 Å². The monoisotopic (exact) mass is 369 g/mol. The third kappa shape index (κ3) is 2.32. The Kier molecular flexibility index (Phi) is 4.03. The minimum Gasteiger partial charge on any atom is -0.468 e. The molecule has 2 aliphatic heterocycles. The van der Waals surface area contributed by atoms with Crippen LogP contribution in [0.2, 0.25) is 0 Å². The van der Waals surface area contributed by atoms with Gasteiger partial charge in [-0.25, -0.2) is 4.89 Å². The van der Waals surface area contributed by atoms with Gasteiger partial charge in [0.25, 0.3) is 0 Å². The van der Waals surface area contributed by atoms with Gasteiger partial charge in [-0.15, -0.1) is 0 Å². The predicted molar refractivity (Wildman–Crippen MR) is 92.9 cm³/mol. The second-order valence-electron chi connectivity index (χ2n) is 6.77. The molecule has 0 saturated carbocycles. The number of hydrogen-bond acceptors (Lipinski definition) is 6. The van der Waals surface area contributed by atoms with E-state index < -0.39 is 28.7 Å². The number of hydrogen-bond donors (Lipinski definition) is 2. The van der Waals surface area contributed by atoms with Gasteiger partial charge < -0.3 is 15.2 Å². The summed E-state index contributed by atoms with van der Waals surface area (Å²) in [6.45, 7) is -0.277. The van der Waals surface area contributed by atoms with Crippen LogP contribution in [0.4, 0.5) is 0 Å². The lowest BCUT2D eigenvalue weighted by atomic mass is 9.67. The van der Waals surface area contributed by atoms with Crippen LogP contribution in [0.1, 0.15) is 17.5 Å². The first-order chi connectivity index (χ1) is 13.0. The number of rotatable bonds is 3. The van der Waals surface area contributed by atoms with Crippen molar-refractivity contribution in [1.82, 2.24) is 5.32 Å². The second kappa shape index (κ2) is 6.16. The Labute approximate surface area is 155 Å². The van der Waals surface area contributed by atoms with Gasteiger partial charge in [-0.2, -0.15) is 4.89 Å². The van der Waals surface area contributed by atoms with Gasteiger partial charge in [-0.05, 0) is 11.1 Å². The molecule has 7 heteroatoms. The molecule has 4 rings (SSSR count). The van der Waals surface area contributed by atoms with Crippen LogP contribution in [-0.2, 0) is 29.7 Å². The maximum Gasteiger partial charge on any atom is 0.327 e. The number of benzene rings is 2. The van der Waals surface area contributed by atoms with Crippen LogP contribution >= 0.6 is 0 Å². The Bertz CT molecular complexity index is 831. The third-order valence-electron chi connectivity index (χ3n) is 5.39. The minimum absolute atomic E-state index is 0.178. The number of esters is 1. The zero-order valence-electron chi connectivity index (χ0n) is 14.7. The first-order valence-corrected chi connectivity index (χ1v) is 8.55. The zero-order valence-corrected chi connectivity index (χ0v) is 14.7. The third-order valence-corrected chi connectivity index (χ3v) is 5.39. The number of amides is 1. The number of carbonyl (C=O) groups is 2. The second-order valence-corrected chi connectivity index (χ2v) is 6.77. The van der Waals surface area contributed by atoms with E-state index in [4.69, 9.17) is 14.5 Å². The maximum absolute atomic E-state index is 12.8. The van der Waals surface area contributed by atoms with Crippen LogP contribution in [0.15, 0.2) is 60.7 Å². The van der Waals surface area contributed by atoms with E-state index in [0.29, 0.717) is 11.1 Å². The molecule has 2 heterocycles. The van der Waals surface area contributed by atoms with Crippen LogP contribution in [0.25, 0.3) is 0 Å². The molecule has 7 nitrogen and oxygen atoms in total. The standard InChI is InChI=1S/C20H19NO6/c1-25-17(23)18-12-19(14-8-4-2-5-9-14,15-10-6-3-7-11-15)26-27-20(18,24)13-21-16(18)22/h2-11,24H,12-13H2,1H3,(H,21,22). The molecule has 2 saturated heterocycles. The van der Waals surface area contributed by atoms with Crippen LogP contribution in [0.3, 0.4) is 0 Å². The minimum atomic E-state index is -2.16. The van der Waals surface area contributed by atoms with Crippen molar-refractivity contribution in [2.75, 3.05) is 13.7 Å². The summed E-state index contributed by atoms with van der Waals surface area (Å²) in [7, 11) is 1.17. The normalized spacial score (nSPS) is 28.9. The van der Waals surface area contributed by atoms with Gasteiger partial charge in [0.2, 0.25) is 17.1 Å². The molecule has 0 aromatic heterocycles. The SMILES string of the molecule is COC(=O)C12CC(c3ccccc3)(c3ccccc3)OOC1(O)CNC2=O. The molecule has 0 bridgehead atoms. The number of methoxy groups -OCH3 is 1. The Hall–Kier alpha value is -2.74. The summed E-state index contributed by atoms with van der Waals surface area (Å²) in [5.74, 6) is -3.69.